The van der Waals surface area contributed by atoms with Crippen molar-refractivity contribution in [2.45, 2.75) is 44.7 Å². The zero-order valence-corrected chi connectivity index (χ0v) is 20.1. The molecule has 0 radical (unpaired) electrons. The fraction of sp³-hybridized carbons (Fsp3) is 0.370. The van der Waals surface area contributed by atoms with Crippen molar-refractivity contribution in [3.8, 4) is 0 Å². The molecule has 1 fully saturated rings. The molecular weight excluding hydrogens is 428 g/mol. The summed E-state index contributed by atoms with van der Waals surface area (Å²) in [5.41, 5.74) is 4.30. The first kappa shape index (κ1) is 23.7. The number of nitrogens with one attached hydrogen (secondary N) is 3. The molecule has 0 unspecified atom stereocenters. The Hall–Kier alpha value is -3.45. The van der Waals surface area contributed by atoms with Gasteiger partial charge < -0.3 is 20.9 Å². The standard InChI is InChI=1S/C27H32N4O3/c1-27(2,3)19-10-7-17(8-11-19)5-6-18-9-12-22-21(13-18)26(34)31-16-20(29-24(32)15-28-4)14-23(31)25(33)30-22/h5-13,20,23,28H,14-16H2,1-4H3,(H,29,32)(H,30,33)/t20-,23-/m0/s1. The SMILES string of the molecule is CNCC(=O)N[C@H]1C[C@H]2C(=O)Nc3ccc(C=Cc4ccc(C(C)(C)C)cc4)cc3C(=O)N2C1. The molecular formula is C27H32N4O3. The van der Waals surface area contributed by atoms with Crippen LogP contribution in [0.1, 0.15) is 54.2 Å². The minimum atomic E-state index is -0.597. The molecule has 2 aliphatic heterocycles. The Morgan fingerprint density at radius 3 is 2.44 bits per heavy atom. The first-order valence-electron chi connectivity index (χ1n) is 11.6. The summed E-state index contributed by atoms with van der Waals surface area (Å²) in [6, 6.07) is 13.1. The van der Waals surface area contributed by atoms with Gasteiger partial charge in [-0.1, -0.05) is 63.3 Å². The van der Waals surface area contributed by atoms with Crippen molar-refractivity contribution in [1.82, 2.24) is 15.5 Å². The summed E-state index contributed by atoms with van der Waals surface area (Å²) in [4.78, 5) is 39.7. The lowest BCUT2D eigenvalue weighted by atomic mass is 9.87. The summed E-state index contributed by atoms with van der Waals surface area (Å²) in [5, 5.41) is 8.60. The van der Waals surface area contributed by atoms with E-state index >= 15 is 0 Å². The summed E-state index contributed by atoms with van der Waals surface area (Å²) in [7, 11) is 1.70. The van der Waals surface area contributed by atoms with Crippen molar-refractivity contribution >= 4 is 35.6 Å². The molecule has 178 valence electrons. The number of nitrogens with zero attached hydrogens (tertiary/aromatic N) is 1. The van der Waals surface area contributed by atoms with Crippen molar-refractivity contribution in [3.05, 3.63) is 64.7 Å². The summed E-state index contributed by atoms with van der Waals surface area (Å²) in [6.07, 6.45) is 4.38. The Kier molecular flexibility index (Phi) is 6.57. The van der Waals surface area contributed by atoms with Gasteiger partial charge in [-0.3, -0.25) is 14.4 Å². The minimum absolute atomic E-state index is 0.103. The zero-order valence-electron chi connectivity index (χ0n) is 20.1. The third-order valence-electron chi connectivity index (χ3n) is 6.34. The molecule has 0 spiro atoms. The van der Waals surface area contributed by atoms with Gasteiger partial charge in [-0.2, -0.15) is 0 Å². The van der Waals surface area contributed by atoms with Crippen molar-refractivity contribution in [3.63, 3.8) is 0 Å². The Labute approximate surface area is 200 Å². The lowest BCUT2D eigenvalue weighted by molar-refractivity contribution is -0.121. The normalized spacial score (nSPS) is 20.1. The van der Waals surface area contributed by atoms with Gasteiger partial charge in [-0.15, -0.1) is 0 Å². The molecule has 3 amide bonds. The maximum Gasteiger partial charge on any atom is 0.256 e. The number of anilines is 1. The third kappa shape index (κ3) is 5.04. The largest absolute Gasteiger partial charge is 0.350 e. The molecule has 2 aromatic carbocycles. The van der Waals surface area contributed by atoms with Gasteiger partial charge >= 0.3 is 0 Å². The molecule has 3 N–H and O–H groups in total. The monoisotopic (exact) mass is 460 g/mol. The van der Waals surface area contributed by atoms with E-state index in [0.29, 0.717) is 24.2 Å². The fourth-order valence-electron chi connectivity index (χ4n) is 4.46. The summed E-state index contributed by atoms with van der Waals surface area (Å²) in [5.74, 6) is -0.574. The van der Waals surface area contributed by atoms with Gasteiger partial charge in [0.15, 0.2) is 0 Å². The predicted octanol–water partition coefficient (Wildman–Crippen LogP) is 3.03. The lowest BCUT2D eigenvalue weighted by Crippen LogP contribution is -2.42. The van der Waals surface area contributed by atoms with Crippen molar-refractivity contribution < 1.29 is 14.4 Å². The number of carbonyl (C=O) groups excluding carboxylic acids is 3. The molecule has 1 saturated heterocycles. The molecule has 2 heterocycles. The van der Waals surface area contributed by atoms with E-state index in [0.717, 1.165) is 11.1 Å². The van der Waals surface area contributed by atoms with E-state index in [1.165, 1.54) is 5.56 Å². The quantitative estimate of drug-likeness (QED) is 0.599. The molecule has 7 heteroatoms. The Morgan fingerprint density at radius 2 is 1.76 bits per heavy atom. The number of hydrogen-bond donors (Lipinski definition) is 3. The highest BCUT2D eigenvalue weighted by Crippen LogP contribution is 2.30. The number of hydrogen-bond acceptors (Lipinski definition) is 4. The molecule has 7 nitrogen and oxygen atoms in total. The van der Waals surface area contributed by atoms with Crippen molar-refractivity contribution in [1.29, 1.82) is 0 Å². The fourth-order valence-corrected chi connectivity index (χ4v) is 4.46. The first-order chi connectivity index (χ1) is 16.2. The van der Waals surface area contributed by atoms with Gasteiger partial charge in [0.2, 0.25) is 11.8 Å². The lowest BCUT2D eigenvalue weighted by Gasteiger charge is -2.20. The molecule has 0 aromatic heterocycles. The smallest absolute Gasteiger partial charge is 0.256 e. The number of likely N-dealkylation sites (N-methyl/N-ethyl adjacent to an activating group) is 1. The number of fused-ring (bicyclic) bond motifs is 2. The molecule has 0 aliphatic carbocycles. The van der Waals surface area contributed by atoms with Gasteiger partial charge in [0, 0.05) is 12.6 Å². The molecule has 2 aliphatic rings. The number of carbonyl (C=O) groups is 3. The average molecular weight is 461 g/mol. The summed E-state index contributed by atoms with van der Waals surface area (Å²) < 4.78 is 0. The average Bonchev–Trinajstić information content (AvgIpc) is 3.18. The molecule has 0 bridgehead atoms. The van der Waals surface area contributed by atoms with Crippen LogP contribution in [-0.4, -0.2) is 54.8 Å². The van der Waals surface area contributed by atoms with Gasteiger partial charge in [-0.25, -0.2) is 0 Å². The topological polar surface area (TPSA) is 90.5 Å². The van der Waals surface area contributed by atoms with Crippen LogP contribution in [0.15, 0.2) is 42.5 Å². The van der Waals surface area contributed by atoms with Crippen LogP contribution < -0.4 is 16.0 Å². The Bertz CT molecular complexity index is 1130. The van der Waals surface area contributed by atoms with Crippen LogP contribution in [0.5, 0.6) is 0 Å². The molecule has 0 saturated carbocycles. The van der Waals surface area contributed by atoms with Gasteiger partial charge in [0.25, 0.3) is 5.91 Å². The minimum Gasteiger partial charge on any atom is -0.350 e. The van der Waals surface area contributed by atoms with Crippen LogP contribution >= 0.6 is 0 Å². The number of amides is 3. The highest BCUT2D eigenvalue weighted by atomic mass is 16.2. The van der Waals surface area contributed by atoms with Gasteiger partial charge in [0.05, 0.1) is 17.8 Å². The van der Waals surface area contributed by atoms with Gasteiger partial charge in [-0.05, 0) is 47.7 Å². The molecule has 4 rings (SSSR count). The van der Waals surface area contributed by atoms with Crippen molar-refractivity contribution in [2.75, 3.05) is 25.5 Å². The predicted molar refractivity (Wildman–Crippen MR) is 134 cm³/mol. The zero-order chi connectivity index (χ0) is 24.5. The second-order valence-electron chi connectivity index (χ2n) is 10.0. The maximum atomic E-state index is 13.4. The highest BCUT2D eigenvalue weighted by Gasteiger charge is 2.43. The van der Waals surface area contributed by atoms with Crippen LogP contribution in [0, 0.1) is 0 Å². The Morgan fingerprint density at radius 1 is 1.09 bits per heavy atom. The second kappa shape index (κ2) is 9.43. The van der Waals surface area contributed by atoms with Crippen LogP contribution in [0.25, 0.3) is 12.2 Å². The first-order valence-corrected chi connectivity index (χ1v) is 11.6. The Balaban J connectivity index is 1.53. The van der Waals surface area contributed by atoms with Crippen LogP contribution in [-0.2, 0) is 15.0 Å². The van der Waals surface area contributed by atoms with E-state index in [-0.39, 0.29) is 35.7 Å². The maximum absolute atomic E-state index is 13.4. The summed E-state index contributed by atoms with van der Waals surface area (Å²) in [6.45, 7) is 7.07. The summed E-state index contributed by atoms with van der Waals surface area (Å²) >= 11 is 0. The van der Waals surface area contributed by atoms with E-state index in [4.69, 9.17) is 0 Å². The van der Waals surface area contributed by atoms with Crippen LogP contribution in [0.3, 0.4) is 0 Å². The van der Waals surface area contributed by atoms with Crippen LogP contribution in [0.2, 0.25) is 0 Å². The highest BCUT2D eigenvalue weighted by molar-refractivity contribution is 6.10. The van der Waals surface area contributed by atoms with Crippen molar-refractivity contribution in [2.24, 2.45) is 0 Å². The van der Waals surface area contributed by atoms with Crippen LogP contribution in [0.4, 0.5) is 5.69 Å². The van der Waals surface area contributed by atoms with E-state index in [2.05, 4.69) is 61.0 Å². The van der Waals surface area contributed by atoms with Gasteiger partial charge in [0.1, 0.15) is 6.04 Å². The second-order valence-corrected chi connectivity index (χ2v) is 10.0. The van der Waals surface area contributed by atoms with E-state index in [1.54, 1.807) is 18.0 Å². The third-order valence-corrected chi connectivity index (χ3v) is 6.34. The van der Waals surface area contributed by atoms with E-state index in [9.17, 15) is 14.4 Å². The number of benzene rings is 2. The molecule has 2 atom stereocenters. The van der Waals surface area contributed by atoms with E-state index < -0.39 is 6.04 Å². The number of rotatable bonds is 5. The molecule has 2 aromatic rings. The van der Waals surface area contributed by atoms with E-state index in [1.807, 2.05) is 24.3 Å². The molecule has 34 heavy (non-hydrogen) atoms.